The fourth-order valence-electron chi connectivity index (χ4n) is 3.36. The summed E-state index contributed by atoms with van der Waals surface area (Å²) in [4.78, 5) is 43.8. The van der Waals surface area contributed by atoms with Crippen LogP contribution in [0.25, 0.3) is 0 Å². The van der Waals surface area contributed by atoms with Crippen molar-refractivity contribution in [2.45, 2.75) is 19.4 Å². The third kappa shape index (κ3) is 6.99. The molecule has 2 amide bonds. The van der Waals surface area contributed by atoms with Crippen LogP contribution in [0.4, 0.5) is 5.69 Å². The first kappa shape index (κ1) is 25.1. The topological polar surface area (TPSA) is 126 Å². The van der Waals surface area contributed by atoms with Gasteiger partial charge in [0.05, 0.1) is 12.3 Å². The number of hydrogen-bond acceptors (Lipinski definition) is 6. The predicted molar refractivity (Wildman–Crippen MR) is 133 cm³/mol. The Balaban J connectivity index is 1.98. The molecule has 0 heterocycles. The maximum Gasteiger partial charge on any atom is 0.331 e. The number of amides is 2. The molecule has 0 saturated carbocycles. The number of nitrogens with one attached hydrogen (secondary N) is 2. The quantitative estimate of drug-likeness (QED) is 0.144. The van der Waals surface area contributed by atoms with Crippen LogP contribution >= 0.6 is 0 Å². The lowest BCUT2D eigenvalue weighted by molar-refractivity contribution is -0.149. The van der Waals surface area contributed by atoms with Crippen LogP contribution in [-0.2, 0) is 16.0 Å². The Bertz CT molecular complexity index is 1170. The molecule has 0 aromatic heterocycles. The number of hydrogen-bond donors (Lipinski definition) is 3. The molecular weight excluding hydrogens is 446 g/mol. The maximum atomic E-state index is 13.5. The van der Waals surface area contributed by atoms with Gasteiger partial charge in [-0.05, 0) is 42.8 Å². The van der Waals surface area contributed by atoms with Crippen molar-refractivity contribution in [2.24, 2.45) is 10.8 Å². The SMILES string of the molecule is CCOC(=O)[C@H](Cc1ccccc1)N(NC(=O)c1cccc(N=CNN)c1)C(=O)c1ccccc1. The molecular formula is C26H27N5O4. The van der Waals surface area contributed by atoms with Gasteiger partial charge in [-0.1, -0.05) is 54.6 Å². The number of carbonyl (C=O) groups is 3. The lowest BCUT2D eigenvalue weighted by atomic mass is 10.0. The molecule has 0 aliphatic carbocycles. The highest BCUT2D eigenvalue weighted by Gasteiger charge is 2.33. The summed E-state index contributed by atoms with van der Waals surface area (Å²) in [6.45, 7) is 1.81. The van der Waals surface area contributed by atoms with E-state index >= 15 is 0 Å². The number of benzene rings is 3. The molecule has 9 heteroatoms. The summed E-state index contributed by atoms with van der Waals surface area (Å²) in [5.41, 5.74) is 6.75. The van der Waals surface area contributed by atoms with Gasteiger partial charge in [0.1, 0.15) is 6.34 Å². The van der Waals surface area contributed by atoms with Gasteiger partial charge in [0.15, 0.2) is 6.04 Å². The van der Waals surface area contributed by atoms with Crippen molar-refractivity contribution in [1.82, 2.24) is 15.9 Å². The molecule has 0 radical (unpaired) electrons. The molecule has 1 atom stereocenters. The molecule has 3 aromatic rings. The van der Waals surface area contributed by atoms with E-state index in [0.29, 0.717) is 11.3 Å². The van der Waals surface area contributed by atoms with E-state index in [1.807, 2.05) is 30.3 Å². The van der Waals surface area contributed by atoms with Crippen molar-refractivity contribution < 1.29 is 19.1 Å². The number of nitrogens with two attached hydrogens (primary N) is 1. The van der Waals surface area contributed by atoms with Crippen molar-refractivity contribution in [1.29, 1.82) is 0 Å². The van der Waals surface area contributed by atoms with E-state index in [1.54, 1.807) is 55.5 Å². The van der Waals surface area contributed by atoms with Gasteiger partial charge in [0, 0.05) is 17.5 Å². The van der Waals surface area contributed by atoms with E-state index in [1.165, 1.54) is 12.4 Å². The monoisotopic (exact) mass is 473 g/mol. The zero-order valence-electron chi connectivity index (χ0n) is 19.3. The van der Waals surface area contributed by atoms with Crippen LogP contribution in [0, 0.1) is 0 Å². The molecule has 4 N–H and O–H groups in total. The Morgan fingerprint density at radius 3 is 2.29 bits per heavy atom. The highest BCUT2D eigenvalue weighted by Crippen LogP contribution is 2.17. The van der Waals surface area contributed by atoms with Gasteiger partial charge in [0.2, 0.25) is 0 Å². The minimum Gasteiger partial charge on any atom is -0.464 e. The van der Waals surface area contributed by atoms with Crippen LogP contribution in [0.5, 0.6) is 0 Å². The molecule has 0 spiro atoms. The largest absolute Gasteiger partial charge is 0.464 e. The van der Waals surface area contributed by atoms with Crippen molar-refractivity contribution in [2.75, 3.05) is 6.61 Å². The Morgan fingerprint density at radius 2 is 1.63 bits per heavy atom. The van der Waals surface area contributed by atoms with Gasteiger partial charge in [0.25, 0.3) is 11.8 Å². The molecule has 0 aliphatic rings. The van der Waals surface area contributed by atoms with Crippen molar-refractivity contribution in [3.8, 4) is 0 Å². The molecule has 35 heavy (non-hydrogen) atoms. The zero-order chi connectivity index (χ0) is 25.0. The van der Waals surface area contributed by atoms with Gasteiger partial charge in [-0.2, -0.15) is 0 Å². The first-order valence-corrected chi connectivity index (χ1v) is 11.0. The van der Waals surface area contributed by atoms with Gasteiger partial charge in [-0.3, -0.25) is 15.0 Å². The van der Waals surface area contributed by atoms with Gasteiger partial charge >= 0.3 is 5.97 Å². The minimum absolute atomic E-state index is 0.126. The second-order valence-corrected chi connectivity index (χ2v) is 7.41. The van der Waals surface area contributed by atoms with Crippen molar-refractivity contribution in [3.63, 3.8) is 0 Å². The Morgan fingerprint density at radius 1 is 0.971 bits per heavy atom. The van der Waals surface area contributed by atoms with E-state index in [4.69, 9.17) is 10.6 Å². The molecule has 0 unspecified atom stereocenters. The maximum absolute atomic E-state index is 13.5. The lowest BCUT2D eigenvalue weighted by Gasteiger charge is -2.30. The molecule has 0 fully saturated rings. The van der Waals surface area contributed by atoms with Crippen molar-refractivity contribution >= 4 is 29.8 Å². The number of carbonyl (C=O) groups excluding carboxylic acids is 3. The Hall–Kier alpha value is -4.50. The number of rotatable bonds is 9. The smallest absolute Gasteiger partial charge is 0.331 e. The summed E-state index contributed by atoms with van der Waals surface area (Å²) < 4.78 is 5.27. The van der Waals surface area contributed by atoms with Crippen LogP contribution in [0.15, 0.2) is 89.9 Å². The molecule has 0 aliphatic heterocycles. The van der Waals surface area contributed by atoms with Crippen LogP contribution in [-0.4, -0.2) is 41.8 Å². The number of nitrogens with zero attached hydrogens (tertiary/aromatic N) is 2. The van der Waals surface area contributed by atoms with Crippen LogP contribution < -0.4 is 16.7 Å². The molecule has 180 valence electrons. The second-order valence-electron chi connectivity index (χ2n) is 7.41. The van der Waals surface area contributed by atoms with E-state index in [9.17, 15) is 14.4 Å². The predicted octanol–water partition coefficient (Wildman–Crippen LogP) is 2.77. The highest BCUT2D eigenvalue weighted by molar-refractivity contribution is 6.01. The van der Waals surface area contributed by atoms with Crippen LogP contribution in [0.2, 0.25) is 0 Å². The van der Waals surface area contributed by atoms with E-state index in [2.05, 4.69) is 15.8 Å². The fourth-order valence-corrected chi connectivity index (χ4v) is 3.36. The van der Waals surface area contributed by atoms with Crippen molar-refractivity contribution in [3.05, 3.63) is 102 Å². The number of aliphatic imine (C=N–C) groups is 1. The van der Waals surface area contributed by atoms with E-state index < -0.39 is 23.8 Å². The van der Waals surface area contributed by atoms with E-state index in [-0.39, 0.29) is 18.6 Å². The average molecular weight is 474 g/mol. The summed E-state index contributed by atoms with van der Waals surface area (Å²) in [7, 11) is 0. The number of ether oxygens (including phenoxy) is 1. The normalized spacial score (nSPS) is 11.5. The summed E-state index contributed by atoms with van der Waals surface area (Å²) in [5.74, 6) is 3.45. The summed E-state index contributed by atoms with van der Waals surface area (Å²) in [5, 5.41) is 1.04. The molecule has 0 saturated heterocycles. The first-order chi connectivity index (χ1) is 17.0. The summed E-state index contributed by atoms with van der Waals surface area (Å²) in [6, 6.07) is 23.0. The minimum atomic E-state index is -1.10. The standard InChI is InChI=1S/C26H27N5O4/c1-2-35-26(34)23(16-19-10-5-3-6-11-19)31(25(33)20-12-7-4-8-13-20)30-24(32)21-14-9-15-22(17-21)28-18-29-27/h3-15,17-18,23H,2,16,27H2,1H3,(H,28,29)(H,30,32)/t23-/m0/s1. The molecule has 0 bridgehead atoms. The molecule has 3 rings (SSSR count). The average Bonchev–Trinajstić information content (AvgIpc) is 2.90. The Kier molecular flexibility index (Phi) is 9.09. The molecule has 9 nitrogen and oxygen atoms in total. The number of hydrazine groups is 2. The third-order valence-electron chi connectivity index (χ3n) is 5.00. The number of esters is 1. The summed E-state index contributed by atoms with van der Waals surface area (Å²) >= 11 is 0. The zero-order valence-corrected chi connectivity index (χ0v) is 19.3. The molecule has 3 aromatic carbocycles. The van der Waals surface area contributed by atoms with Crippen LogP contribution in [0.3, 0.4) is 0 Å². The first-order valence-electron chi connectivity index (χ1n) is 11.0. The summed E-state index contributed by atoms with van der Waals surface area (Å²) in [6.07, 6.45) is 1.42. The van der Waals surface area contributed by atoms with Crippen LogP contribution in [0.1, 0.15) is 33.2 Å². The lowest BCUT2D eigenvalue weighted by Crippen LogP contribution is -2.56. The van der Waals surface area contributed by atoms with E-state index in [0.717, 1.165) is 10.6 Å². The fraction of sp³-hybridized carbons (Fsp3) is 0.154. The Labute approximate surface area is 203 Å². The van der Waals surface area contributed by atoms with Gasteiger partial charge < -0.3 is 10.2 Å². The van der Waals surface area contributed by atoms with Gasteiger partial charge in [-0.25, -0.2) is 20.6 Å². The highest BCUT2D eigenvalue weighted by atomic mass is 16.5. The third-order valence-corrected chi connectivity index (χ3v) is 5.00. The second kappa shape index (κ2) is 12.7. The van der Waals surface area contributed by atoms with Gasteiger partial charge in [-0.15, -0.1) is 0 Å².